The normalized spacial score (nSPS) is 11.3. The largest absolute Gasteiger partial charge is 0.489 e. The second kappa shape index (κ2) is 7.00. The van der Waals surface area contributed by atoms with Crippen molar-refractivity contribution in [3.63, 3.8) is 0 Å². The van der Waals surface area contributed by atoms with E-state index in [1.165, 1.54) is 0 Å². The third-order valence-corrected chi connectivity index (χ3v) is 4.23. The maximum atomic E-state index is 5.94. The Bertz CT molecular complexity index is 1040. The van der Waals surface area contributed by atoms with Crippen LogP contribution in [0, 0.1) is 0 Å². The molecule has 6 nitrogen and oxygen atoms in total. The number of hydrogen-bond donors (Lipinski definition) is 1. The molecule has 0 aliphatic heterocycles. The Hall–Kier alpha value is -3.15. The standard InChI is InChI=1S/C20H21N5O/c1-14(2)16-13-19(25-18(24-16)8-10-23-25)21-11-12-26-17-7-3-5-15-6-4-9-22-20(15)17/h3-10,13-14,21H,11-12H2,1-2H3. The van der Waals surface area contributed by atoms with E-state index >= 15 is 0 Å². The highest BCUT2D eigenvalue weighted by molar-refractivity contribution is 5.84. The predicted molar refractivity (Wildman–Crippen MR) is 103 cm³/mol. The van der Waals surface area contributed by atoms with Gasteiger partial charge in [0.25, 0.3) is 0 Å². The maximum Gasteiger partial charge on any atom is 0.157 e. The molecule has 4 aromatic rings. The second-order valence-corrected chi connectivity index (χ2v) is 6.43. The zero-order valence-electron chi connectivity index (χ0n) is 14.9. The first-order chi connectivity index (χ1) is 12.7. The average Bonchev–Trinajstić information content (AvgIpc) is 3.14. The third kappa shape index (κ3) is 3.18. The minimum absolute atomic E-state index is 0.355. The molecule has 0 bridgehead atoms. The molecule has 0 aliphatic carbocycles. The Morgan fingerprint density at radius 1 is 1.12 bits per heavy atom. The van der Waals surface area contributed by atoms with E-state index in [1.807, 2.05) is 47.0 Å². The molecule has 26 heavy (non-hydrogen) atoms. The van der Waals surface area contributed by atoms with Gasteiger partial charge in [0, 0.05) is 29.4 Å². The fourth-order valence-corrected chi connectivity index (χ4v) is 2.89. The van der Waals surface area contributed by atoms with Crippen LogP contribution in [0.2, 0.25) is 0 Å². The van der Waals surface area contributed by atoms with Crippen molar-refractivity contribution in [2.45, 2.75) is 19.8 Å². The van der Waals surface area contributed by atoms with Gasteiger partial charge in [0.05, 0.1) is 12.7 Å². The van der Waals surface area contributed by atoms with Gasteiger partial charge < -0.3 is 10.1 Å². The van der Waals surface area contributed by atoms with Gasteiger partial charge in [-0.25, -0.2) is 4.98 Å². The van der Waals surface area contributed by atoms with Crippen LogP contribution in [-0.2, 0) is 0 Å². The molecule has 0 fully saturated rings. The van der Waals surface area contributed by atoms with Crippen LogP contribution in [0.5, 0.6) is 5.75 Å². The number of hydrogen-bond acceptors (Lipinski definition) is 5. The van der Waals surface area contributed by atoms with Crippen LogP contribution in [0.4, 0.5) is 5.82 Å². The number of aromatic nitrogens is 4. The number of nitrogens with zero attached hydrogens (tertiary/aromatic N) is 4. The molecule has 3 heterocycles. The van der Waals surface area contributed by atoms with Crippen molar-refractivity contribution in [3.05, 3.63) is 60.6 Å². The summed E-state index contributed by atoms with van der Waals surface area (Å²) in [6, 6.07) is 13.9. The van der Waals surface area contributed by atoms with E-state index in [4.69, 9.17) is 4.74 Å². The van der Waals surface area contributed by atoms with Crippen LogP contribution in [0.15, 0.2) is 54.9 Å². The van der Waals surface area contributed by atoms with E-state index in [9.17, 15) is 0 Å². The van der Waals surface area contributed by atoms with Gasteiger partial charge in [-0.2, -0.15) is 9.61 Å². The number of pyridine rings is 1. The first-order valence-corrected chi connectivity index (χ1v) is 8.77. The van der Waals surface area contributed by atoms with E-state index in [0.717, 1.165) is 33.8 Å². The molecule has 0 unspecified atom stereocenters. The predicted octanol–water partition coefficient (Wildman–Crippen LogP) is 3.89. The highest BCUT2D eigenvalue weighted by Crippen LogP contribution is 2.23. The molecule has 3 aromatic heterocycles. The number of anilines is 1. The molecule has 0 radical (unpaired) electrons. The Balaban J connectivity index is 1.46. The van der Waals surface area contributed by atoms with Crippen molar-refractivity contribution in [2.75, 3.05) is 18.5 Å². The summed E-state index contributed by atoms with van der Waals surface area (Å²) >= 11 is 0. The fourth-order valence-electron chi connectivity index (χ4n) is 2.89. The molecular weight excluding hydrogens is 326 g/mol. The van der Waals surface area contributed by atoms with Crippen LogP contribution in [0.25, 0.3) is 16.6 Å². The van der Waals surface area contributed by atoms with Crippen LogP contribution < -0.4 is 10.1 Å². The van der Waals surface area contributed by atoms with Crippen LogP contribution in [0.1, 0.15) is 25.5 Å². The van der Waals surface area contributed by atoms with Gasteiger partial charge in [-0.3, -0.25) is 4.98 Å². The molecule has 0 spiro atoms. The summed E-state index contributed by atoms with van der Waals surface area (Å²) in [4.78, 5) is 9.04. The van der Waals surface area contributed by atoms with Gasteiger partial charge in [-0.1, -0.05) is 32.0 Å². The monoisotopic (exact) mass is 347 g/mol. The zero-order valence-corrected chi connectivity index (χ0v) is 14.9. The fraction of sp³-hybridized carbons (Fsp3) is 0.250. The number of rotatable bonds is 6. The minimum atomic E-state index is 0.355. The summed E-state index contributed by atoms with van der Waals surface area (Å²) < 4.78 is 7.75. The van der Waals surface area contributed by atoms with Crippen LogP contribution in [-0.4, -0.2) is 32.7 Å². The van der Waals surface area contributed by atoms with Gasteiger partial charge >= 0.3 is 0 Å². The van der Waals surface area contributed by atoms with E-state index in [2.05, 4.69) is 34.2 Å². The van der Waals surface area contributed by atoms with E-state index < -0.39 is 0 Å². The van der Waals surface area contributed by atoms with Crippen molar-refractivity contribution < 1.29 is 4.74 Å². The molecule has 0 saturated carbocycles. The van der Waals surface area contributed by atoms with Crippen molar-refractivity contribution in [2.24, 2.45) is 0 Å². The maximum absolute atomic E-state index is 5.94. The average molecular weight is 347 g/mol. The number of ether oxygens (including phenoxy) is 1. The summed E-state index contributed by atoms with van der Waals surface area (Å²) in [7, 11) is 0. The molecule has 0 aliphatic rings. The lowest BCUT2D eigenvalue weighted by molar-refractivity contribution is 0.336. The van der Waals surface area contributed by atoms with Gasteiger partial charge in [0.2, 0.25) is 0 Å². The van der Waals surface area contributed by atoms with Crippen molar-refractivity contribution in [1.82, 2.24) is 19.6 Å². The summed E-state index contributed by atoms with van der Waals surface area (Å²) in [6.45, 7) is 5.45. The number of fused-ring (bicyclic) bond motifs is 2. The lowest BCUT2D eigenvalue weighted by Gasteiger charge is -2.13. The highest BCUT2D eigenvalue weighted by Gasteiger charge is 2.09. The number of nitrogens with one attached hydrogen (secondary N) is 1. The Labute approximate surface area is 151 Å². The Kier molecular flexibility index (Phi) is 4.39. The van der Waals surface area contributed by atoms with Gasteiger partial charge in [0.15, 0.2) is 5.65 Å². The lowest BCUT2D eigenvalue weighted by Crippen LogP contribution is -2.15. The molecule has 1 N–H and O–H groups in total. The molecule has 6 heteroatoms. The first kappa shape index (κ1) is 16.3. The SMILES string of the molecule is CC(C)c1cc(NCCOc2cccc3cccnc23)n2nccc2n1. The van der Waals surface area contributed by atoms with Crippen LogP contribution >= 0.6 is 0 Å². The van der Waals surface area contributed by atoms with Gasteiger partial charge in [-0.15, -0.1) is 0 Å². The minimum Gasteiger partial charge on any atom is -0.489 e. The highest BCUT2D eigenvalue weighted by atomic mass is 16.5. The quantitative estimate of drug-likeness (QED) is 0.536. The molecule has 0 saturated heterocycles. The van der Waals surface area contributed by atoms with E-state index in [1.54, 1.807) is 12.4 Å². The molecule has 1 aromatic carbocycles. The third-order valence-electron chi connectivity index (χ3n) is 4.23. The summed E-state index contributed by atoms with van der Waals surface area (Å²) in [6.07, 6.45) is 3.54. The zero-order chi connectivity index (χ0) is 17.9. The van der Waals surface area contributed by atoms with E-state index in [0.29, 0.717) is 19.1 Å². The van der Waals surface area contributed by atoms with Crippen molar-refractivity contribution in [1.29, 1.82) is 0 Å². The molecule has 4 rings (SSSR count). The first-order valence-electron chi connectivity index (χ1n) is 8.77. The lowest BCUT2D eigenvalue weighted by atomic mass is 10.1. The summed E-state index contributed by atoms with van der Waals surface area (Å²) in [5.74, 6) is 2.07. The number of benzene rings is 1. The Morgan fingerprint density at radius 2 is 2.00 bits per heavy atom. The molecule has 0 atom stereocenters. The number of para-hydroxylation sites is 1. The van der Waals surface area contributed by atoms with Gasteiger partial charge in [0.1, 0.15) is 23.7 Å². The molecular formula is C20H21N5O. The van der Waals surface area contributed by atoms with Crippen LogP contribution in [0.3, 0.4) is 0 Å². The molecule has 132 valence electrons. The Morgan fingerprint density at radius 3 is 2.88 bits per heavy atom. The van der Waals surface area contributed by atoms with Crippen molar-refractivity contribution >= 4 is 22.4 Å². The smallest absolute Gasteiger partial charge is 0.157 e. The molecule has 0 amide bonds. The summed E-state index contributed by atoms with van der Waals surface area (Å²) in [5.41, 5.74) is 2.77. The summed E-state index contributed by atoms with van der Waals surface area (Å²) in [5, 5.41) is 8.82. The second-order valence-electron chi connectivity index (χ2n) is 6.43. The van der Waals surface area contributed by atoms with E-state index in [-0.39, 0.29) is 0 Å². The van der Waals surface area contributed by atoms with Gasteiger partial charge in [-0.05, 0) is 18.1 Å². The topological polar surface area (TPSA) is 64.3 Å². The van der Waals surface area contributed by atoms with Crippen molar-refractivity contribution in [3.8, 4) is 5.75 Å².